The third kappa shape index (κ3) is 3.20. The van der Waals surface area contributed by atoms with Crippen LogP contribution in [0.15, 0.2) is 24.3 Å². The normalized spacial score (nSPS) is 18.2. The molecule has 0 atom stereocenters. The van der Waals surface area contributed by atoms with E-state index in [1.807, 2.05) is 12.1 Å². The third-order valence-corrected chi connectivity index (χ3v) is 3.50. The summed E-state index contributed by atoms with van der Waals surface area (Å²) in [5.74, 6) is 0. The molecule has 3 nitrogen and oxygen atoms in total. The lowest BCUT2D eigenvalue weighted by molar-refractivity contribution is 0.200. The number of benzene rings is 1. The Hall–Kier alpha value is -1.06. The van der Waals surface area contributed by atoms with Gasteiger partial charge in [-0.25, -0.2) is 0 Å². The molecule has 3 N–H and O–H groups in total. The number of nitrogens with two attached hydrogens (primary N) is 1. The maximum atomic E-state index is 5.86. The second kappa shape index (κ2) is 5.07. The van der Waals surface area contributed by atoms with E-state index >= 15 is 0 Å². The van der Waals surface area contributed by atoms with E-state index < -0.39 is 0 Å². The van der Waals surface area contributed by atoms with Crippen molar-refractivity contribution in [2.24, 2.45) is 0 Å². The highest BCUT2D eigenvalue weighted by molar-refractivity contribution is 5.43. The smallest absolute Gasteiger partial charge is 0.0316 e. The van der Waals surface area contributed by atoms with Crippen LogP contribution in [0, 0.1) is 0 Å². The van der Waals surface area contributed by atoms with Crippen LogP contribution in [0.3, 0.4) is 0 Å². The lowest BCUT2D eigenvalue weighted by atomic mass is 9.83. The van der Waals surface area contributed by atoms with E-state index in [0.717, 1.165) is 38.4 Å². The molecule has 17 heavy (non-hydrogen) atoms. The van der Waals surface area contributed by atoms with Crippen molar-refractivity contribution in [2.45, 2.75) is 19.3 Å². The van der Waals surface area contributed by atoms with Crippen LogP contribution in [0.4, 0.5) is 5.69 Å². The highest BCUT2D eigenvalue weighted by atomic mass is 15.2. The van der Waals surface area contributed by atoms with Gasteiger partial charge in [0.2, 0.25) is 0 Å². The Morgan fingerprint density at radius 1 is 1.29 bits per heavy atom. The molecule has 2 rings (SSSR count). The molecule has 0 aromatic heterocycles. The van der Waals surface area contributed by atoms with Crippen molar-refractivity contribution in [2.75, 3.05) is 38.5 Å². The van der Waals surface area contributed by atoms with E-state index in [2.05, 4.69) is 36.2 Å². The molecule has 1 aromatic carbocycles. The molecule has 0 unspecified atom stereocenters. The molecule has 0 aliphatic carbocycles. The molecule has 1 aromatic rings. The van der Waals surface area contributed by atoms with Crippen molar-refractivity contribution in [1.29, 1.82) is 0 Å². The summed E-state index contributed by atoms with van der Waals surface area (Å²) in [5.41, 5.74) is 8.21. The van der Waals surface area contributed by atoms with E-state index in [-0.39, 0.29) is 5.41 Å². The highest BCUT2D eigenvalue weighted by Gasteiger charge is 2.24. The van der Waals surface area contributed by atoms with Gasteiger partial charge >= 0.3 is 0 Å². The number of hydrogen-bond acceptors (Lipinski definition) is 3. The summed E-state index contributed by atoms with van der Waals surface area (Å²) in [4.78, 5) is 2.53. The van der Waals surface area contributed by atoms with Crippen LogP contribution < -0.4 is 11.1 Å². The van der Waals surface area contributed by atoms with Crippen LogP contribution >= 0.6 is 0 Å². The molecular formula is C14H23N3. The Balaban J connectivity index is 2.06. The summed E-state index contributed by atoms with van der Waals surface area (Å²) in [5, 5.41) is 3.39. The van der Waals surface area contributed by atoms with Gasteiger partial charge in [0.05, 0.1) is 0 Å². The van der Waals surface area contributed by atoms with E-state index in [1.54, 1.807) is 0 Å². The molecule has 0 amide bonds. The van der Waals surface area contributed by atoms with Crippen molar-refractivity contribution in [3.63, 3.8) is 0 Å². The standard InChI is InChI=1S/C14H23N3/c1-14(2,11-17-8-6-16-7-9-17)12-4-3-5-13(15)10-12/h3-5,10,16H,6-9,11,15H2,1-2H3. The molecule has 1 saturated heterocycles. The predicted molar refractivity (Wildman–Crippen MR) is 73.2 cm³/mol. The van der Waals surface area contributed by atoms with Gasteiger partial charge in [0.25, 0.3) is 0 Å². The number of nitrogens with one attached hydrogen (secondary N) is 1. The Kier molecular flexibility index (Phi) is 3.69. The summed E-state index contributed by atoms with van der Waals surface area (Å²) in [7, 11) is 0. The fourth-order valence-corrected chi connectivity index (χ4v) is 2.48. The van der Waals surface area contributed by atoms with Gasteiger partial charge < -0.3 is 11.1 Å². The van der Waals surface area contributed by atoms with Gasteiger partial charge in [-0.1, -0.05) is 26.0 Å². The van der Waals surface area contributed by atoms with E-state index in [9.17, 15) is 0 Å². The topological polar surface area (TPSA) is 41.3 Å². The molecule has 3 heteroatoms. The maximum Gasteiger partial charge on any atom is 0.0316 e. The minimum absolute atomic E-state index is 0.159. The van der Waals surface area contributed by atoms with Crippen molar-refractivity contribution >= 4 is 5.69 Å². The third-order valence-electron chi connectivity index (χ3n) is 3.50. The zero-order chi connectivity index (χ0) is 12.3. The number of nitrogens with zero attached hydrogens (tertiary/aromatic N) is 1. The van der Waals surface area contributed by atoms with Gasteiger partial charge in [0, 0.05) is 43.8 Å². The molecule has 1 aliphatic rings. The molecule has 1 fully saturated rings. The first-order chi connectivity index (χ1) is 8.08. The minimum atomic E-state index is 0.159. The number of nitrogen functional groups attached to an aromatic ring is 1. The van der Waals surface area contributed by atoms with Crippen LogP contribution in [0.5, 0.6) is 0 Å². The van der Waals surface area contributed by atoms with Gasteiger partial charge in [-0.2, -0.15) is 0 Å². The summed E-state index contributed by atoms with van der Waals surface area (Å²) >= 11 is 0. The zero-order valence-electron chi connectivity index (χ0n) is 10.9. The Labute approximate surface area is 104 Å². The highest BCUT2D eigenvalue weighted by Crippen LogP contribution is 2.25. The van der Waals surface area contributed by atoms with Crippen molar-refractivity contribution in [1.82, 2.24) is 10.2 Å². The molecule has 0 bridgehead atoms. The first kappa shape index (κ1) is 12.4. The number of rotatable bonds is 3. The number of piperazine rings is 1. The van der Waals surface area contributed by atoms with E-state index in [4.69, 9.17) is 5.73 Å². The van der Waals surface area contributed by atoms with Crippen LogP contribution in [0.25, 0.3) is 0 Å². The lowest BCUT2D eigenvalue weighted by Gasteiger charge is -2.35. The molecule has 0 saturated carbocycles. The SMILES string of the molecule is CC(C)(CN1CCNCC1)c1cccc(N)c1. The number of anilines is 1. The first-order valence-corrected chi connectivity index (χ1v) is 6.37. The molecular weight excluding hydrogens is 210 g/mol. The predicted octanol–water partition coefficient (Wildman–Crippen LogP) is 1.45. The van der Waals surface area contributed by atoms with Crippen LogP contribution in [0.1, 0.15) is 19.4 Å². The lowest BCUT2D eigenvalue weighted by Crippen LogP contribution is -2.47. The van der Waals surface area contributed by atoms with Crippen molar-refractivity contribution in [3.8, 4) is 0 Å². The van der Waals surface area contributed by atoms with Crippen molar-refractivity contribution < 1.29 is 0 Å². The fourth-order valence-electron chi connectivity index (χ4n) is 2.48. The first-order valence-electron chi connectivity index (χ1n) is 6.37. The van der Waals surface area contributed by atoms with Crippen LogP contribution in [0.2, 0.25) is 0 Å². The molecule has 1 aliphatic heterocycles. The van der Waals surface area contributed by atoms with Gasteiger partial charge in [-0.3, -0.25) is 4.90 Å². The summed E-state index contributed by atoms with van der Waals surface area (Å²) < 4.78 is 0. The molecule has 0 spiro atoms. The van der Waals surface area contributed by atoms with Gasteiger partial charge in [-0.15, -0.1) is 0 Å². The second-order valence-electron chi connectivity index (χ2n) is 5.54. The average molecular weight is 233 g/mol. The average Bonchev–Trinajstić information content (AvgIpc) is 2.30. The zero-order valence-corrected chi connectivity index (χ0v) is 10.9. The van der Waals surface area contributed by atoms with E-state index in [0.29, 0.717) is 0 Å². The van der Waals surface area contributed by atoms with Gasteiger partial charge in [0.1, 0.15) is 0 Å². The van der Waals surface area contributed by atoms with Gasteiger partial charge in [0.15, 0.2) is 0 Å². The second-order valence-corrected chi connectivity index (χ2v) is 5.54. The molecule has 94 valence electrons. The quantitative estimate of drug-likeness (QED) is 0.777. The Morgan fingerprint density at radius 2 is 2.00 bits per heavy atom. The summed E-state index contributed by atoms with van der Waals surface area (Å²) in [6.07, 6.45) is 0. The minimum Gasteiger partial charge on any atom is -0.399 e. The van der Waals surface area contributed by atoms with E-state index in [1.165, 1.54) is 5.56 Å². The monoisotopic (exact) mass is 233 g/mol. The van der Waals surface area contributed by atoms with Crippen molar-refractivity contribution in [3.05, 3.63) is 29.8 Å². The van der Waals surface area contributed by atoms with Crippen LogP contribution in [-0.4, -0.2) is 37.6 Å². The maximum absolute atomic E-state index is 5.86. The summed E-state index contributed by atoms with van der Waals surface area (Å²) in [6.45, 7) is 10.2. The molecule has 0 radical (unpaired) electrons. The summed E-state index contributed by atoms with van der Waals surface area (Å²) in [6, 6.07) is 8.27. The van der Waals surface area contributed by atoms with Crippen LogP contribution in [-0.2, 0) is 5.41 Å². The Bertz CT molecular complexity index is 367. The fraction of sp³-hybridized carbons (Fsp3) is 0.571. The largest absolute Gasteiger partial charge is 0.399 e. The Morgan fingerprint density at radius 3 is 2.65 bits per heavy atom. The van der Waals surface area contributed by atoms with Gasteiger partial charge in [-0.05, 0) is 17.7 Å². The molecule has 1 heterocycles. The number of hydrogen-bond donors (Lipinski definition) is 2.